The molecule has 1 fully saturated rings. The second-order valence-electron chi connectivity index (χ2n) is 7.38. The molecule has 1 aromatic heterocycles. The Morgan fingerprint density at radius 3 is 2.78 bits per heavy atom. The number of likely N-dealkylation sites (tertiary alicyclic amines) is 1. The molecule has 6 nitrogen and oxygen atoms in total. The molecule has 146 valence electrons. The van der Waals surface area contributed by atoms with Gasteiger partial charge >= 0.3 is 0 Å². The number of hydrogen-bond acceptors (Lipinski definition) is 5. The van der Waals surface area contributed by atoms with Crippen LogP contribution in [0.3, 0.4) is 0 Å². The molecule has 1 amide bonds. The lowest BCUT2D eigenvalue weighted by Gasteiger charge is -2.30. The maximum absolute atomic E-state index is 12.2. The molecule has 0 unspecified atom stereocenters. The number of carbonyl (C=O) groups excluding carboxylic acids is 1. The van der Waals surface area contributed by atoms with Gasteiger partial charge in [-0.3, -0.25) is 9.69 Å². The van der Waals surface area contributed by atoms with Crippen LogP contribution in [0, 0.1) is 12.8 Å². The van der Waals surface area contributed by atoms with Crippen LogP contribution in [0.15, 0.2) is 28.8 Å². The lowest BCUT2D eigenvalue weighted by atomic mass is 9.96. The third-order valence-electron chi connectivity index (χ3n) is 5.25. The van der Waals surface area contributed by atoms with Crippen molar-refractivity contribution in [3.05, 3.63) is 35.7 Å². The topological polar surface area (TPSA) is 71.3 Å². The molecule has 1 saturated heterocycles. The number of piperidine rings is 1. The van der Waals surface area contributed by atoms with E-state index in [1.807, 2.05) is 31.2 Å². The number of carbonyl (C=O) groups is 1. The average molecular weight is 370 g/mol. The first-order chi connectivity index (χ1) is 13.2. The zero-order valence-corrected chi connectivity index (χ0v) is 16.4. The number of aryl methyl sites for hydroxylation is 1. The van der Waals surface area contributed by atoms with Crippen molar-refractivity contribution in [1.29, 1.82) is 0 Å². The lowest BCUT2D eigenvalue weighted by Crippen LogP contribution is -2.40. The summed E-state index contributed by atoms with van der Waals surface area (Å²) in [5.74, 6) is 1.62. The molecule has 0 saturated carbocycles. The molecule has 0 atom stereocenters. The van der Waals surface area contributed by atoms with Gasteiger partial charge in [0.15, 0.2) is 0 Å². The van der Waals surface area contributed by atoms with Crippen LogP contribution >= 0.6 is 0 Å². The molecular weight excluding hydrogens is 340 g/mol. The van der Waals surface area contributed by atoms with Crippen LogP contribution in [0.5, 0.6) is 0 Å². The molecule has 1 N–H and O–H groups in total. The quantitative estimate of drug-likeness (QED) is 0.720. The van der Waals surface area contributed by atoms with Crippen molar-refractivity contribution in [3.63, 3.8) is 0 Å². The Hall–Kier alpha value is -2.21. The van der Waals surface area contributed by atoms with Crippen LogP contribution < -0.4 is 5.32 Å². The van der Waals surface area contributed by atoms with E-state index in [0.29, 0.717) is 18.3 Å². The molecule has 3 rings (SSSR count). The summed E-state index contributed by atoms with van der Waals surface area (Å²) < 4.78 is 5.45. The van der Waals surface area contributed by atoms with E-state index in [4.69, 9.17) is 4.52 Å². The minimum absolute atomic E-state index is 0.132. The van der Waals surface area contributed by atoms with Crippen molar-refractivity contribution >= 4 is 5.91 Å². The molecule has 1 aliphatic rings. The summed E-state index contributed by atoms with van der Waals surface area (Å²) in [6, 6.07) is 8.04. The number of aromatic nitrogens is 2. The predicted molar refractivity (Wildman–Crippen MR) is 105 cm³/mol. The number of nitrogens with one attached hydrogen (secondary N) is 1. The second kappa shape index (κ2) is 9.65. The minimum atomic E-state index is 0.132. The number of benzene rings is 1. The first kappa shape index (κ1) is 19.5. The zero-order chi connectivity index (χ0) is 19.1. The van der Waals surface area contributed by atoms with Gasteiger partial charge in [-0.1, -0.05) is 49.2 Å². The number of unbranched alkanes of at least 4 members (excludes halogenated alkanes) is 2. The van der Waals surface area contributed by atoms with Crippen LogP contribution in [0.1, 0.15) is 50.5 Å². The van der Waals surface area contributed by atoms with Crippen LogP contribution in [0.2, 0.25) is 0 Å². The number of amides is 1. The summed E-state index contributed by atoms with van der Waals surface area (Å²) in [6.45, 7) is 7.43. The lowest BCUT2D eigenvalue weighted by molar-refractivity contribution is -0.126. The normalized spacial score (nSPS) is 15.8. The summed E-state index contributed by atoms with van der Waals surface area (Å²) in [6.07, 6.45) is 5.20. The smallest absolute Gasteiger partial charge is 0.241 e. The number of nitrogens with zero attached hydrogens (tertiary/aromatic N) is 3. The highest BCUT2D eigenvalue weighted by Crippen LogP contribution is 2.22. The Morgan fingerprint density at radius 1 is 1.26 bits per heavy atom. The van der Waals surface area contributed by atoms with E-state index in [2.05, 4.69) is 27.3 Å². The van der Waals surface area contributed by atoms with Gasteiger partial charge < -0.3 is 9.84 Å². The molecule has 0 spiro atoms. The maximum Gasteiger partial charge on any atom is 0.241 e. The van der Waals surface area contributed by atoms with Gasteiger partial charge in [-0.25, -0.2) is 0 Å². The Morgan fingerprint density at radius 2 is 2.04 bits per heavy atom. The average Bonchev–Trinajstić information content (AvgIpc) is 3.14. The van der Waals surface area contributed by atoms with E-state index in [1.165, 1.54) is 12.8 Å². The summed E-state index contributed by atoms with van der Waals surface area (Å²) in [4.78, 5) is 19.1. The van der Waals surface area contributed by atoms with Gasteiger partial charge in [0, 0.05) is 18.0 Å². The van der Waals surface area contributed by atoms with E-state index in [-0.39, 0.29) is 11.8 Å². The van der Waals surface area contributed by atoms with Crippen molar-refractivity contribution in [2.45, 2.75) is 52.5 Å². The molecular formula is C21H30N4O2. The molecule has 0 aliphatic carbocycles. The minimum Gasteiger partial charge on any atom is -0.356 e. The van der Waals surface area contributed by atoms with E-state index in [9.17, 15) is 4.79 Å². The molecule has 2 heterocycles. The van der Waals surface area contributed by atoms with Gasteiger partial charge in [0.05, 0.1) is 6.54 Å². The highest BCUT2D eigenvalue weighted by atomic mass is 16.5. The fourth-order valence-corrected chi connectivity index (χ4v) is 3.53. The fourth-order valence-electron chi connectivity index (χ4n) is 3.53. The predicted octanol–water partition coefficient (Wildman–Crippen LogP) is 3.56. The van der Waals surface area contributed by atoms with Crippen molar-refractivity contribution in [2.24, 2.45) is 5.92 Å². The monoisotopic (exact) mass is 370 g/mol. The van der Waals surface area contributed by atoms with Gasteiger partial charge in [-0.2, -0.15) is 4.98 Å². The third-order valence-corrected chi connectivity index (χ3v) is 5.25. The van der Waals surface area contributed by atoms with Gasteiger partial charge in [0.1, 0.15) is 0 Å². The largest absolute Gasteiger partial charge is 0.356 e. The van der Waals surface area contributed by atoms with E-state index >= 15 is 0 Å². The second-order valence-corrected chi connectivity index (χ2v) is 7.38. The highest BCUT2D eigenvalue weighted by molar-refractivity contribution is 5.78. The Kier molecular flexibility index (Phi) is 6.98. The van der Waals surface area contributed by atoms with Crippen LogP contribution in [0.25, 0.3) is 11.4 Å². The molecule has 2 aromatic rings. The molecule has 0 radical (unpaired) electrons. The fraction of sp³-hybridized carbons (Fsp3) is 0.571. The third kappa shape index (κ3) is 5.39. The van der Waals surface area contributed by atoms with Crippen molar-refractivity contribution in [1.82, 2.24) is 20.4 Å². The first-order valence-corrected chi connectivity index (χ1v) is 10.1. The summed E-state index contributed by atoms with van der Waals surface area (Å²) >= 11 is 0. The van der Waals surface area contributed by atoms with E-state index < -0.39 is 0 Å². The summed E-state index contributed by atoms with van der Waals surface area (Å²) in [7, 11) is 0. The molecule has 1 aliphatic heterocycles. The van der Waals surface area contributed by atoms with Gasteiger partial charge in [-0.05, 0) is 44.8 Å². The Bertz CT molecular complexity index is 735. The first-order valence-electron chi connectivity index (χ1n) is 10.1. The summed E-state index contributed by atoms with van der Waals surface area (Å²) in [5.41, 5.74) is 2.14. The molecule has 1 aromatic carbocycles. The summed E-state index contributed by atoms with van der Waals surface area (Å²) in [5, 5.41) is 7.21. The zero-order valence-electron chi connectivity index (χ0n) is 16.4. The van der Waals surface area contributed by atoms with Crippen LogP contribution in [0.4, 0.5) is 0 Å². The number of hydrogen-bond donors (Lipinski definition) is 1. The van der Waals surface area contributed by atoms with Crippen LogP contribution in [-0.2, 0) is 11.3 Å². The van der Waals surface area contributed by atoms with Crippen molar-refractivity contribution < 1.29 is 9.32 Å². The number of rotatable bonds is 8. The maximum atomic E-state index is 12.2. The van der Waals surface area contributed by atoms with Crippen molar-refractivity contribution in [3.8, 4) is 11.4 Å². The standard InChI is InChI=1S/C21H30N4O2/c1-3-4-7-12-22-21(26)17-10-13-25(14-11-17)15-19-23-20(24-27-19)18-9-6-5-8-16(18)2/h5-6,8-9,17H,3-4,7,10-15H2,1-2H3,(H,22,26). The highest BCUT2D eigenvalue weighted by Gasteiger charge is 2.25. The molecule has 6 heteroatoms. The molecule has 27 heavy (non-hydrogen) atoms. The van der Waals surface area contributed by atoms with E-state index in [1.54, 1.807) is 0 Å². The van der Waals surface area contributed by atoms with E-state index in [0.717, 1.165) is 50.0 Å². The molecule has 0 bridgehead atoms. The van der Waals surface area contributed by atoms with Crippen molar-refractivity contribution in [2.75, 3.05) is 19.6 Å². The van der Waals surface area contributed by atoms with Gasteiger partial charge in [0.25, 0.3) is 0 Å². The Labute approximate surface area is 161 Å². The Balaban J connectivity index is 1.46. The van der Waals surface area contributed by atoms with Gasteiger partial charge in [0.2, 0.25) is 17.6 Å². The van der Waals surface area contributed by atoms with Gasteiger partial charge in [-0.15, -0.1) is 0 Å². The van der Waals surface area contributed by atoms with Crippen LogP contribution in [-0.4, -0.2) is 40.6 Å². The SMILES string of the molecule is CCCCCNC(=O)C1CCN(Cc2nc(-c3ccccc3C)no2)CC1.